The molecular formula is C15H22N2S. The molecule has 98 valence electrons. The fraction of sp³-hybridized carbons (Fsp3) is 0.533. The second-order valence-corrected chi connectivity index (χ2v) is 5.46. The van der Waals surface area contributed by atoms with Gasteiger partial charge in [0.2, 0.25) is 0 Å². The summed E-state index contributed by atoms with van der Waals surface area (Å²) in [6, 6.07) is 11.0. The van der Waals surface area contributed by atoms with Gasteiger partial charge in [0.15, 0.2) is 0 Å². The smallest absolute Gasteiger partial charge is 0.110 e. The van der Waals surface area contributed by atoms with Crippen LogP contribution >= 0.6 is 11.8 Å². The van der Waals surface area contributed by atoms with Gasteiger partial charge < -0.3 is 0 Å². The van der Waals surface area contributed by atoms with Crippen LogP contribution in [0, 0.1) is 11.3 Å². The summed E-state index contributed by atoms with van der Waals surface area (Å²) < 4.78 is 0. The van der Waals surface area contributed by atoms with Gasteiger partial charge in [-0.3, -0.25) is 4.90 Å². The lowest BCUT2D eigenvalue weighted by Crippen LogP contribution is -2.46. The second-order valence-electron chi connectivity index (χ2n) is 4.58. The molecule has 0 aliphatic heterocycles. The fourth-order valence-corrected chi connectivity index (χ4v) is 2.69. The molecule has 1 atom stereocenters. The Morgan fingerprint density at radius 3 is 2.17 bits per heavy atom. The lowest BCUT2D eigenvalue weighted by atomic mass is 9.92. The predicted molar refractivity (Wildman–Crippen MR) is 78.9 cm³/mol. The van der Waals surface area contributed by atoms with E-state index in [9.17, 15) is 5.26 Å². The molecule has 0 spiro atoms. The van der Waals surface area contributed by atoms with Crippen molar-refractivity contribution in [2.24, 2.45) is 0 Å². The lowest BCUT2D eigenvalue weighted by Gasteiger charge is -2.34. The number of thioether (sulfide) groups is 1. The number of nitrogens with zero attached hydrogens (tertiary/aromatic N) is 2. The van der Waals surface area contributed by atoms with Crippen molar-refractivity contribution >= 4 is 11.8 Å². The number of likely N-dealkylation sites (N-methyl/N-ethyl adjacent to an activating group) is 1. The second kappa shape index (κ2) is 6.82. The Morgan fingerprint density at radius 1 is 1.22 bits per heavy atom. The summed E-state index contributed by atoms with van der Waals surface area (Å²) in [7, 11) is 0. The third-order valence-electron chi connectivity index (χ3n) is 3.41. The van der Waals surface area contributed by atoms with E-state index in [0.29, 0.717) is 0 Å². The van der Waals surface area contributed by atoms with Crippen LogP contribution in [-0.4, -0.2) is 29.8 Å². The van der Waals surface area contributed by atoms with Crippen LogP contribution in [-0.2, 0) is 6.42 Å². The molecule has 0 saturated heterocycles. The maximum atomic E-state index is 9.48. The van der Waals surface area contributed by atoms with Gasteiger partial charge in [0.05, 0.1) is 6.07 Å². The summed E-state index contributed by atoms with van der Waals surface area (Å²) in [5, 5.41) is 9.48. The molecule has 1 aromatic carbocycles. The van der Waals surface area contributed by atoms with Crippen molar-refractivity contribution in [1.29, 1.82) is 5.26 Å². The lowest BCUT2D eigenvalue weighted by molar-refractivity contribution is 0.169. The minimum atomic E-state index is -0.412. The first-order chi connectivity index (χ1) is 8.59. The quantitative estimate of drug-likeness (QED) is 0.733. The first-order valence-corrected chi connectivity index (χ1v) is 7.61. The number of benzene rings is 1. The molecule has 0 saturated carbocycles. The topological polar surface area (TPSA) is 27.0 Å². The van der Waals surface area contributed by atoms with Gasteiger partial charge in [0, 0.05) is 11.3 Å². The van der Waals surface area contributed by atoms with E-state index in [-0.39, 0.29) is 0 Å². The summed E-state index contributed by atoms with van der Waals surface area (Å²) >= 11 is 1.74. The van der Waals surface area contributed by atoms with Gasteiger partial charge in [-0.25, -0.2) is 0 Å². The Balaban J connectivity index is 2.88. The number of hydrogen-bond donors (Lipinski definition) is 0. The Kier molecular flexibility index (Phi) is 5.71. The Hall–Kier alpha value is -0.980. The predicted octanol–water partition coefficient (Wildman–Crippen LogP) is 3.58. The molecule has 18 heavy (non-hydrogen) atoms. The zero-order chi connectivity index (χ0) is 13.6. The molecular weight excluding hydrogens is 240 g/mol. The monoisotopic (exact) mass is 262 g/mol. The minimum Gasteiger partial charge on any atom is -0.286 e. The van der Waals surface area contributed by atoms with E-state index >= 15 is 0 Å². The molecule has 0 aromatic heterocycles. The fourth-order valence-electron chi connectivity index (χ4n) is 2.28. The third kappa shape index (κ3) is 3.51. The van der Waals surface area contributed by atoms with Gasteiger partial charge >= 0.3 is 0 Å². The van der Waals surface area contributed by atoms with Crippen molar-refractivity contribution < 1.29 is 0 Å². The molecule has 1 aromatic rings. The molecule has 0 aliphatic rings. The third-order valence-corrected chi connectivity index (χ3v) is 4.15. The summed E-state index contributed by atoms with van der Waals surface area (Å²) in [5.74, 6) is 0. The van der Waals surface area contributed by atoms with Crippen LogP contribution in [0.15, 0.2) is 29.2 Å². The highest BCUT2D eigenvalue weighted by atomic mass is 32.2. The number of nitriles is 1. The van der Waals surface area contributed by atoms with Crippen LogP contribution in [0.4, 0.5) is 0 Å². The van der Waals surface area contributed by atoms with E-state index in [2.05, 4.69) is 55.3 Å². The largest absolute Gasteiger partial charge is 0.286 e. The summed E-state index contributed by atoms with van der Waals surface area (Å²) in [6.45, 7) is 8.06. The summed E-state index contributed by atoms with van der Waals surface area (Å²) in [5.41, 5.74) is 0.813. The SMILES string of the molecule is CCN(CC)C(C)(C#N)Cc1ccc(SC)cc1. The molecule has 0 radical (unpaired) electrons. The van der Waals surface area contributed by atoms with Crippen LogP contribution in [0.25, 0.3) is 0 Å². The van der Waals surface area contributed by atoms with Gasteiger partial charge in [-0.05, 0) is 44.0 Å². The molecule has 0 amide bonds. The highest BCUT2D eigenvalue weighted by molar-refractivity contribution is 7.98. The Labute approximate surface area is 115 Å². The molecule has 2 nitrogen and oxygen atoms in total. The zero-order valence-electron chi connectivity index (χ0n) is 11.7. The van der Waals surface area contributed by atoms with Gasteiger partial charge in [-0.2, -0.15) is 5.26 Å². The molecule has 0 bridgehead atoms. The van der Waals surface area contributed by atoms with Gasteiger partial charge in [-0.1, -0.05) is 26.0 Å². The normalized spacial score (nSPS) is 14.2. The maximum Gasteiger partial charge on any atom is 0.110 e. The average molecular weight is 262 g/mol. The van der Waals surface area contributed by atoms with Gasteiger partial charge in [0.25, 0.3) is 0 Å². The van der Waals surface area contributed by atoms with E-state index < -0.39 is 5.54 Å². The van der Waals surface area contributed by atoms with E-state index in [1.165, 1.54) is 10.5 Å². The first-order valence-electron chi connectivity index (χ1n) is 6.38. The van der Waals surface area contributed by atoms with Crippen molar-refractivity contribution in [3.05, 3.63) is 29.8 Å². The number of hydrogen-bond acceptors (Lipinski definition) is 3. The van der Waals surface area contributed by atoms with Crippen molar-refractivity contribution in [2.75, 3.05) is 19.3 Å². The molecule has 0 aliphatic carbocycles. The maximum absolute atomic E-state index is 9.48. The van der Waals surface area contributed by atoms with Crippen LogP contribution in [0.2, 0.25) is 0 Å². The van der Waals surface area contributed by atoms with Gasteiger partial charge in [0.1, 0.15) is 5.54 Å². The minimum absolute atomic E-state index is 0.412. The highest BCUT2D eigenvalue weighted by Gasteiger charge is 2.29. The van der Waals surface area contributed by atoms with Crippen molar-refractivity contribution in [3.8, 4) is 6.07 Å². The van der Waals surface area contributed by atoms with Crippen LogP contribution < -0.4 is 0 Å². The summed E-state index contributed by atoms with van der Waals surface area (Å²) in [6.07, 6.45) is 2.85. The molecule has 0 N–H and O–H groups in total. The van der Waals surface area contributed by atoms with E-state index in [0.717, 1.165) is 19.5 Å². The Morgan fingerprint density at radius 2 is 1.78 bits per heavy atom. The molecule has 3 heteroatoms. The van der Waals surface area contributed by atoms with Crippen LogP contribution in [0.3, 0.4) is 0 Å². The number of rotatable bonds is 6. The molecule has 1 rings (SSSR count). The van der Waals surface area contributed by atoms with E-state index in [4.69, 9.17) is 0 Å². The highest BCUT2D eigenvalue weighted by Crippen LogP contribution is 2.22. The molecule has 0 fully saturated rings. The standard InChI is InChI=1S/C15H22N2S/c1-5-17(6-2)15(3,12-16)11-13-7-9-14(18-4)10-8-13/h7-10H,5-6,11H2,1-4H3. The van der Waals surface area contributed by atoms with Crippen molar-refractivity contribution in [1.82, 2.24) is 4.90 Å². The molecule has 1 unspecified atom stereocenters. The molecule has 0 heterocycles. The van der Waals surface area contributed by atoms with E-state index in [1.807, 2.05) is 6.92 Å². The van der Waals surface area contributed by atoms with Crippen LogP contribution in [0.5, 0.6) is 0 Å². The van der Waals surface area contributed by atoms with E-state index in [1.54, 1.807) is 11.8 Å². The van der Waals surface area contributed by atoms with Crippen molar-refractivity contribution in [3.63, 3.8) is 0 Å². The zero-order valence-corrected chi connectivity index (χ0v) is 12.5. The summed E-state index contributed by atoms with van der Waals surface area (Å²) in [4.78, 5) is 3.48. The van der Waals surface area contributed by atoms with Gasteiger partial charge in [-0.15, -0.1) is 11.8 Å². The Bertz CT molecular complexity index is 403. The van der Waals surface area contributed by atoms with Crippen LogP contribution in [0.1, 0.15) is 26.3 Å². The van der Waals surface area contributed by atoms with Crippen molar-refractivity contribution in [2.45, 2.75) is 37.6 Å². The first kappa shape index (κ1) is 15.1. The average Bonchev–Trinajstić information content (AvgIpc) is 2.41.